The minimum absolute atomic E-state index is 0.271. The van der Waals surface area contributed by atoms with Gasteiger partial charge in [-0.15, -0.1) is 0 Å². The summed E-state index contributed by atoms with van der Waals surface area (Å²) >= 11 is 0. The van der Waals surface area contributed by atoms with E-state index in [4.69, 9.17) is 9.47 Å². The first kappa shape index (κ1) is 13.4. The van der Waals surface area contributed by atoms with E-state index in [1.54, 1.807) is 0 Å². The highest BCUT2D eigenvalue weighted by atomic mass is 16.5. The Hall–Kier alpha value is -2.03. The van der Waals surface area contributed by atoms with Gasteiger partial charge >= 0.3 is 5.97 Å². The average Bonchev–Trinajstić information content (AvgIpc) is 2.44. The zero-order valence-corrected chi connectivity index (χ0v) is 11.5. The van der Waals surface area contributed by atoms with Crippen LogP contribution in [0.25, 0.3) is 10.8 Å². The molecule has 0 aliphatic heterocycles. The van der Waals surface area contributed by atoms with Crippen molar-refractivity contribution in [2.75, 3.05) is 13.7 Å². The van der Waals surface area contributed by atoms with E-state index < -0.39 is 5.41 Å². The van der Waals surface area contributed by atoms with Crippen molar-refractivity contribution in [2.24, 2.45) is 5.41 Å². The number of benzene rings is 2. The topological polar surface area (TPSA) is 35.5 Å². The van der Waals surface area contributed by atoms with Crippen molar-refractivity contribution in [1.29, 1.82) is 0 Å². The largest absolute Gasteiger partial charge is 0.492 e. The zero-order chi connectivity index (χ0) is 13.9. The second-order valence-corrected chi connectivity index (χ2v) is 5.14. The number of rotatable bonds is 4. The van der Waals surface area contributed by atoms with Crippen molar-refractivity contribution in [3.8, 4) is 5.75 Å². The van der Waals surface area contributed by atoms with Crippen LogP contribution in [-0.2, 0) is 9.53 Å². The summed E-state index contributed by atoms with van der Waals surface area (Å²) in [6.07, 6.45) is 0. The molecule has 0 aliphatic carbocycles. The van der Waals surface area contributed by atoms with Crippen LogP contribution in [0, 0.1) is 5.41 Å². The number of hydrogen-bond acceptors (Lipinski definition) is 3. The third-order valence-electron chi connectivity index (χ3n) is 3.08. The first-order valence-corrected chi connectivity index (χ1v) is 6.23. The predicted octanol–water partition coefficient (Wildman–Crippen LogP) is 3.42. The first-order valence-electron chi connectivity index (χ1n) is 6.23. The molecule has 0 bridgehead atoms. The third kappa shape index (κ3) is 2.87. The van der Waals surface area contributed by atoms with Gasteiger partial charge in [0.1, 0.15) is 12.4 Å². The molecule has 0 saturated carbocycles. The molecule has 0 spiro atoms. The maximum absolute atomic E-state index is 11.6. The molecule has 0 atom stereocenters. The van der Waals surface area contributed by atoms with Crippen LogP contribution in [-0.4, -0.2) is 19.7 Å². The fourth-order valence-corrected chi connectivity index (χ4v) is 1.91. The van der Waals surface area contributed by atoms with Crippen molar-refractivity contribution in [2.45, 2.75) is 13.8 Å². The smallest absolute Gasteiger partial charge is 0.314 e. The molecule has 0 fully saturated rings. The fraction of sp³-hybridized carbons (Fsp3) is 0.312. The Morgan fingerprint density at radius 2 is 1.79 bits per heavy atom. The number of carbonyl (C=O) groups excluding carboxylic acids is 1. The highest BCUT2D eigenvalue weighted by molar-refractivity contribution is 5.88. The maximum atomic E-state index is 11.6. The predicted molar refractivity (Wildman–Crippen MR) is 75.2 cm³/mol. The molecule has 0 radical (unpaired) electrons. The minimum atomic E-state index is -0.661. The van der Waals surface area contributed by atoms with Crippen LogP contribution in [0.3, 0.4) is 0 Å². The van der Waals surface area contributed by atoms with E-state index in [2.05, 4.69) is 0 Å². The summed E-state index contributed by atoms with van der Waals surface area (Å²) in [5.41, 5.74) is -0.661. The van der Waals surface area contributed by atoms with Gasteiger partial charge in [0.15, 0.2) is 0 Å². The third-order valence-corrected chi connectivity index (χ3v) is 3.08. The summed E-state index contributed by atoms with van der Waals surface area (Å²) in [6, 6.07) is 13.9. The molecule has 0 heterocycles. The van der Waals surface area contributed by atoms with Crippen LogP contribution >= 0.6 is 0 Å². The van der Waals surface area contributed by atoms with Crippen molar-refractivity contribution in [1.82, 2.24) is 0 Å². The van der Waals surface area contributed by atoms with Crippen LogP contribution in [0.15, 0.2) is 42.5 Å². The molecular formula is C16H18O3. The van der Waals surface area contributed by atoms with Gasteiger partial charge in [-0.1, -0.05) is 36.4 Å². The molecule has 3 heteroatoms. The van der Waals surface area contributed by atoms with E-state index in [1.165, 1.54) is 7.11 Å². The quantitative estimate of drug-likeness (QED) is 0.788. The number of fused-ring (bicyclic) bond motifs is 1. The summed E-state index contributed by atoms with van der Waals surface area (Å²) in [6.45, 7) is 3.90. The monoisotopic (exact) mass is 258 g/mol. The second kappa shape index (κ2) is 5.31. The number of carbonyl (C=O) groups is 1. The van der Waals surface area contributed by atoms with Crippen LogP contribution < -0.4 is 4.74 Å². The van der Waals surface area contributed by atoms with E-state index >= 15 is 0 Å². The number of methoxy groups -OCH3 is 1. The first-order chi connectivity index (χ1) is 9.04. The average molecular weight is 258 g/mol. The maximum Gasteiger partial charge on any atom is 0.314 e. The van der Waals surface area contributed by atoms with Crippen molar-refractivity contribution in [3.05, 3.63) is 42.5 Å². The van der Waals surface area contributed by atoms with Gasteiger partial charge in [-0.2, -0.15) is 0 Å². The van der Waals surface area contributed by atoms with Crippen LogP contribution in [0.1, 0.15) is 13.8 Å². The van der Waals surface area contributed by atoms with Gasteiger partial charge in [0, 0.05) is 5.39 Å². The van der Waals surface area contributed by atoms with Gasteiger partial charge in [-0.25, -0.2) is 0 Å². The number of ether oxygens (including phenoxy) is 2. The molecule has 0 N–H and O–H groups in total. The molecule has 2 aromatic rings. The van der Waals surface area contributed by atoms with Gasteiger partial charge < -0.3 is 9.47 Å². The summed E-state index contributed by atoms with van der Waals surface area (Å²) in [4.78, 5) is 11.6. The Balaban J connectivity index is 2.21. The van der Waals surface area contributed by atoms with Gasteiger partial charge in [-0.3, -0.25) is 4.79 Å². The Morgan fingerprint density at radius 1 is 1.11 bits per heavy atom. The highest BCUT2D eigenvalue weighted by Crippen LogP contribution is 2.27. The molecule has 0 aliphatic rings. The molecule has 0 unspecified atom stereocenters. The minimum Gasteiger partial charge on any atom is -0.492 e. The fourth-order valence-electron chi connectivity index (χ4n) is 1.91. The second-order valence-electron chi connectivity index (χ2n) is 5.14. The molecule has 0 aromatic heterocycles. The Kier molecular flexibility index (Phi) is 3.74. The van der Waals surface area contributed by atoms with Crippen molar-refractivity contribution >= 4 is 16.7 Å². The van der Waals surface area contributed by atoms with Gasteiger partial charge in [-0.05, 0) is 25.3 Å². The normalized spacial score (nSPS) is 11.3. The number of hydrogen-bond donors (Lipinski definition) is 0. The molecule has 0 saturated heterocycles. The SMILES string of the molecule is COC(=O)C(C)(C)COc1cccc2ccccc12. The lowest BCUT2D eigenvalue weighted by Gasteiger charge is -2.22. The Morgan fingerprint density at radius 3 is 2.53 bits per heavy atom. The summed E-state index contributed by atoms with van der Waals surface area (Å²) in [7, 11) is 1.39. The Bertz CT molecular complexity index is 582. The standard InChI is InChI=1S/C16H18O3/c1-16(2,15(17)18-3)11-19-14-10-6-8-12-7-4-5-9-13(12)14/h4-10H,11H2,1-3H3. The van der Waals surface area contributed by atoms with Crippen LogP contribution in [0.4, 0.5) is 0 Å². The molecular weight excluding hydrogens is 240 g/mol. The molecule has 3 nitrogen and oxygen atoms in total. The summed E-state index contributed by atoms with van der Waals surface area (Å²) in [5, 5.41) is 2.17. The molecule has 100 valence electrons. The molecule has 2 aromatic carbocycles. The number of esters is 1. The molecule has 2 rings (SSSR count). The van der Waals surface area contributed by atoms with E-state index in [0.29, 0.717) is 0 Å². The Labute approximate surface area is 113 Å². The lowest BCUT2D eigenvalue weighted by atomic mass is 9.95. The van der Waals surface area contributed by atoms with Gasteiger partial charge in [0.25, 0.3) is 0 Å². The van der Waals surface area contributed by atoms with Gasteiger partial charge in [0.2, 0.25) is 0 Å². The summed E-state index contributed by atoms with van der Waals surface area (Å²) < 4.78 is 10.6. The van der Waals surface area contributed by atoms with Crippen molar-refractivity contribution < 1.29 is 14.3 Å². The van der Waals surface area contributed by atoms with E-state index in [-0.39, 0.29) is 12.6 Å². The van der Waals surface area contributed by atoms with E-state index in [9.17, 15) is 4.79 Å². The summed E-state index contributed by atoms with van der Waals surface area (Å²) in [5.74, 6) is 0.516. The highest BCUT2D eigenvalue weighted by Gasteiger charge is 2.29. The van der Waals surface area contributed by atoms with Crippen LogP contribution in [0.5, 0.6) is 5.75 Å². The molecule has 0 amide bonds. The van der Waals surface area contributed by atoms with E-state index in [1.807, 2.05) is 56.3 Å². The van der Waals surface area contributed by atoms with E-state index in [0.717, 1.165) is 16.5 Å². The lowest BCUT2D eigenvalue weighted by molar-refractivity contribution is -0.152. The lowest BCUT2D eigenvalue weighted by Crippen LogP contribution is -2.32. The van der Waals surface area contributed by atoms with Gasteiger partial charge in [0.05, 0.1) is 12.5 Å². The molecule has 19 heavy (non-hydrogen) atoms. The zero-order valence-electron chi connectivity index (χ0n) is 11.5. The van der Waals surface area contributed by atoms with Crippen molar-refractivity contribution in [3.63, 3.8) is 0 Å². The van der Waals surface area contributed by atoms with Crippen LogP contribution in [0.2, 0.25) is 0 Å².